The van der Waals surface area contributed by atoms with E-state index in [9.17, 15) is 8.22 Å². The number of benzene rings is 7. The van der Waals surface area contributed by atoms with Crippen molar-refractivity contribution in [2.45, 2.75) is 12.0 Å². The molecule has 1 aliphatic carbocycles. The smallest absolute Gasteiger partial charge is 0.167 e. The molecule has 2 aromatic heterocycles. The summed E-state index contributed by atoms with van der Waals surface area (Å²) in [6.45, 7) is 0. The number of fused-ring (bicyclic) bond motifs is 7. The van der Waals surface area contributed by atoms with Gasteiger partial charge in [0.1, 0.15) is 11.2 Å². The molecule has 54 heavy (non-hydrogen) atoms. The largest absolute Gasteiger partial charge is 0.455 e. The Morgan fingerprint density at radius 3 is 1.96 bits per heavy atom. The van der Waals surface area contributed by atoms with E-state index in [0.717, 1.165) is 16.5 Å². The first-order chi connectivity index (χ1) is 32.2. The van der Waals surface area contributed by atoms with E-state index in [1.807, 2.05) is 78.9 Å². The van der Waals surface area contributed by atoms with E-state index in [-0.39, 0.29) is 39.0 Å². The standard InChI is InChI=1S/C49H32N4O/c1-3-12-32(13-4-1)47-50-48(33-14-5-2-6-15-33)52-49(51-47)41-20-11-19-40-39-27-24-36(30-45(39)54-46(40)41)31-22-25-37(26-23-31)53-43-21-10-9-18-38(43)42-28-34-16-7-8-17-35(34)29-44(42)53/h1-30,42,44H/i7D,8D,9D,10D,16D,17D,18D,22D,23D,25D,26D,28D,29D. The van der Waals surface area contributed by atoms with Gasteiger partial charge in [0.2, 0.25) is 0 Å². The maximum Gasteiger partial charge on any atom is 0.167 e. The zero-order chi connectivity index (χ0) is 46.9. The third-order valence-corrected chi connectivity index (χ3v) is 9.78. The molecule has 3 heterocycles. The number of furan rings is 1. The number of para-hydroxylation sites is 2. The molecule has 0 fully saturated rings. The molecule has 9 aromatic rings. The minimum absolute atomic E-state index is 0.000741. The zero-order valence-corrected chi connectivity index (χ0v) is 28.2. The molecule has 2 atom stereocenters. The van der Waals surface area contributed by atoms with Crippen molar-refractivity contribution in [3.05, 3.63) is 186 Å². The summed E-state index contributed by atoms with van der Waals surface area (Å²) in [5.41, 5.74) is 2.94. The van der Waals surface area contributed by atoms with Crippen molar-refractivity contribution in [3.63, 3.8) is 0 Å². The molecule has 1 aliphatic heterocycles. The number of rotatable bonds is 5. The number of hydrogen-bond acceptors (Lipinski definition) is 5. The summed E-state index contributed by atoms with van der Waals surface area (Å²) in [6, 6.07) is 23.2. The zero-order valence-electron chi connectivity index (χ0n) is 41.2. The monoisotopic (exact) mass is 705 g/mol. The Bertz CT molecular complexity index is 3690. The van der Waals surface area contributed by atoms with Crippen LogP contribution in [0.5, 0.6) is 0 Å². The van der Waals surface area contributed by atoms with Gasteiger partial charge in [0.05, 0.1) is 29.4 Å². The van der Waals surface area contributed by atoms with E-state index in [1.54, 1.807) is 18.2 Å². The van der Waals surface area contributed by atoms with Gasteiger partial charge in [0, 0.05) is 39.2 Å². The summed E-state index contributed by atoms with van der Waals surface area (Å²) >= 11 is 0. The number of anilines is 2. The predicted molar refractivity (Wildman–Crippen MR) is 219 cm³/mol. The topological polar surface area (TPSA) is 55.1 Å². The van der Waals surface area contributed by atoms with E-state index >= 15 is 0 Å². The summed E-state index contributed by atoms with van der Waals surface area (Å²) in [6.07, 6.45) is 0. The first-order valence-electron chi connectivity index (χ1n) is 23.8. The van der Waals surface area contributed by atoms with Crippen LogP contribution < -0.4 is 15.3 Å². The Morgan fingerprint density at radius 1 is 0.537 bits per heavy atom. The van der Waals surface area contributed by atoms with Crippen LogP contribution in [-0.2, 0) is 0 Å². The Labute approximate surface area is 330 Å². The van der Waals surface area contributed by atoms with Crippen molar-refractivity contribution in [1.29, 1.82) is 0 Å². The van der Waals surface area contributed by atoms with Gasteiger partial charge < -0.3 is 9.32 Å². The molecular formula is C49H32N4O. The summed E-state index contributed by atoms with van der Waals surface area (Å²) in [5, 5.41) is 0.938. The molecule has 5 heteroatoms. The Morgan fingerprint density at radius 2 is 1.22 bits per heavy atom. The van der Waals surface area contributed by atoms with Gasteiger partial charge in [0.25, 0.3) is 0 Å². The van der Waals surface area contributed by atoms with Crippen LogP contribution in [0.3, 0.4) is 0 Å². The van der Waals surface area contributed by atoms with Crippen LogP contribution in [0.1, 0.15) is 29.3 Å². The van der Waals surface area contributed by atoms with Gasteiger partial charge in [-0.25, -0.2) is 15.0 Å². The minimum atomic E-state index is -1.39. The van der Waals surface area contributed by atoms with Gasteiger partial charge in [0.15, 0.2) is 17.5 Å². The minimum Gasteiger partial charge on any atom is -0.455 e. The highest BCUT2D eigenvalue weighted by atomic mass is 16.3. The second kappa shape index (κ2) is 12.2. The van der Waals surface area contributed by atoms with Crippen molar-refractivity contribution in [2.75, 3.05) is 4.90 Å². The average Bonchev–Trinajstić information content (AvgIpc) is 3.89. The molecule has 11 rings (SSSR count). The lowest BCUT2D eigenvalue weighted by molar-refractivity contribution is 0.669. The third kappa shape index (κ3) is 4.97. The van der Waals surface area contributed by atoms with Crippen LogP contribution in [-0.4, -0.2) is 21.0 Å². The van der Waals surface area contributed by atoms with Gasteiger partial charge in [-0.05, 0) is 63.5 Å². The summed E-state index contributed by atoms with van der Waals surface area (Å²) < 4.78 is 123. The molecule has 0 N–H and O–H groups in total. The number of nitrogens with zero attached hydrogens (tertiary/aromatic N) is 4. The number of hydrogen-bond donors (Lipinski definition) is 0. The molecule has 0 radical (unpaired) electrons. The van der Waals surface area contributed by atoms with Crippen LogP contribution in [0.25, 0.3) is 79.3 Å². The molecule has 0 amide bonds. The quantitative estimate of drug-likeness (QED) is 0.178. The highest BCUT2D eigenvalue weighted by Gasteiger charge is 2.37. The van der Waals surface area contributed by atoms with Gasteiger partial charge >= 0.3 is 0 Å². The lowest BCUT2D eigenvalue weighted by Crippen LogP contribution is -2.38. The fraction of sp³-hybridized carbons (Fsp3) is 0.0408. The van der Waals surface area contributed by atoms with E-state index < -0.39 is 84.5 Å². The van der Waals surface area contributed by atoms with Crippen molar-refractivity contribution in [2.24, 2.45) is 0 Å². The molecule has 0 saturated carbocycles. The first-order valence-corrected chi connectivity index (χ1v) is 17.3. The van der Waals surface area contributed by atoms with E-state index in [4.69, 9.17) is 29.0 Å². The second-order valence-electron chi connectivity index (χ2n) is 12.9. The highest BCUT2D eigenvalue weighted by molar-refractivity contribution is 6.10. The van der Waals surface area contributed by atoms with Crippen LogP contribution >= 0.6 is 0 Å². The second-order valence-corrected chi connectivity index (χ2v) is 12.9. The summed E-state index contributed by atoms with van der Waals surface area (Å²) in [5.74, 6) is 0.0217. The maximum absolute atomic E-state index is 9.47. The van der Waals surface area contributed by atoms with Gasteiger partial charge in [-0.1, -0.05) is 145 Å². The van der Waals surface area contributed by atoms with Crippen molar-refractivity contribution in [3.8, 4) is 45.3 Å². The lowest BCUT2D eigenvalue weighted by Gasteiger charge is -2.29. The van der Waals surface area contributed by atoms with Gasteiger partial charge in [-0.3, -0.25) is 0 Å². The van der Waals surface area contributed by atoms with Crippen molar-refractivity contribution >= 4 is 45.4 Å². The molecule has 0 saturated heterocycles. The normalized spacial score (nSPS) is 19.4. The van der Waals surface area contributed by atoms with Gasteiger partial charge in [-0.15, -0.1) is 0 Å². The summed E-state index contributed by atoms with van der Waals surface area (Å²) in [4.78, 5) is 15.9. The fourth-order valence-corrected chi connectivity index (χ4v) is 7.26. The van der Waals surface area contributed by atoms with Crippen LogP contribution in [0.2, 0.25) is 0 Å². The SMILES string of the molecule is [2H]C1=c2c([2H])c([2H])c([2H])c([2H])c2=C([2H])C2C1c1c(cc([2H])c([2H])c1[2H])N2c1c([2H])c([2H])c(-c2ccc3c(c2)oc2c(-c4nc(-c5ccccc5)nc(-c5ccccc5)n4)cccc23)c([2H])c1[2H]. The molecule has 254 valence electrons. The summed E-state index contributed by atoms with van der Waals surface area (Å²) in [7, 11) is 0. The van der Waals surface area contributed by atoms with E-state index in [2.05, 4.69) is 0 Å². The predicted octanol–water partition coefficient (Wildman–Crippen LogP) is 10.3. The Hall–Kier alpha value is -7.11. The fourth-order valence-electron chi connectivity index (χ4n) is 7.26. The Kier molecular flexibility index (Phi) is 4.59. The Balaban J connectivity index is 1.08. The lowest BCUT2D eigenvalue weighted by atomic mass is 9.89. The molecular weight excluding hydrogens is 661 g/mol. The molecule has 5 nitrogen and oxygen atoms in total. The number of aromatic nitrogens is 3. The van der Waals surface area contributed by atoms with Crippen molar-refractivity contribution in [1.82, 2.24) is 15.0 Å². The molecule has 2 unspecified atom stereocenters. The molecule has 0 spiro atoms. The molecule has 7 aromatic carbocycles. The third-order valence-electron chi connectivity index (χ3n) is 9.78. The van der Waals surface area contributed by atoms with Crippen LogP contribution in [0.15, 0.2) is 174 Å². The molecule has 2 aliphatic rings. The first kappa shape index (κ1) is 20.2. The van der Waals surface area contributed by atoms with E-state index in [1.165, 1.54) is 11.0 Å². The average molecular weight is 706 g/mol. The van der Waals surface area contributed by atoms with Crippen LogP contribution in [0.4, 0.5) is 11.4 Å². The van der Waals surface area contributed by atoms with Crippen molar-refractivity contribution < 1.29 is 22.2 Å². The maximum atomic E-state index is 9.47. The highest BCUT2D eigenvalue weighted by Crippen LogP contribution is 2.47. The van der Waals surface area contributed by atoms with E-state index in [0.29, 0.717) is 45.2 Å². The van der Waals surface area contributed by atoms with Crippen LogP contribution in [0, 0.1) is 0 Å². The van der Waals surface area contributed by atoms with Gasteiger partial charge in [-0.2, -0.15) is 0 Å². The molecule has 0 bridgehead atoms.